The van der Waals surface area contributed by atoms with Crippen molar-refractivity contribution in [2.24, 2.45) is 0 Å². The molecule has 0 spiro atoms. The Labute approximate surface area is 127 Å². The molecule has 0 aliphatic carbocycles. The third-order valence-electron chi connectivity index (χ3n) is 3.17. The average Bonchev–Trinajstić information content (AvgIpc) is 3.16. The van der Waals surface area contributed by atoms with Crippen LogP contribution in [-0.4, -0.2) is 4.98 Å². The third kappa shape index (κ3) is 3.15. The summed E-state index contributed by atoms with van der Waals surface area (Å²) in [4.78, 5) is 7.08. The predicted molar refractivity (Wildman–Crippen MR) is 87.1 cm³/mol. The Bertz CT molecular complexity index is 644. The van der Waals surface area contributed by atoms with Crippen LogP contribution in [0.2, 0.25) is 0 Å². The van der Waals surface area contributed by atoms with Crippen molar-refractivity contribution in [2.75, 3.05) is 0 Å². The molecule has 0 fully saturated rings. The molecule has 0 aliphatic heterocycles. The molecular formula is C16H16N2S2. The molecule has 1 atom stereocenters. The van der Waals surface area contributed by atoms with Gasteiger partial charge in [-0.3, -0.25) is 4.98 Å². The standard InChI is InChI=1S/C16H16N2S2/c1-12(15-5-2-3-7-17-15)18-10-14-9-13(11-20-14)16-6-4-8-19-16/h2-9,11-12,18H,10H2,1H3. The first-order valence-corrected chi connectivity index (χ1v) is 8.34. The number of nitrogens with one attached hydrogen (secondary N) is 1. The highest BCUT2D eigenvalue weighted by Gasteiger charge is 2.07. The van der Waals surface area contributed by atoms with Crippen LogP contribution in [0.15, 0.2) is 53.4 Å². The first kappa shape index (κ1) is 13.5. The van der Waals surface area contributed by atoms with Gasteiger partial charge < -0.3 is 5.32 Å². The van der Waals surface area contributed by atoms with Crippen molar-refractivity contribution in [3.63, 3.8) is 0 Å². The van der Waals surface area contributed by atoms with Gasteiger partial charge in [0.2, 0.25) is 0 Å². The number of hydrogen-bond acceptors (Lipinski definition) is 4. The maximum Gasteiger partial charge on any atom is 0.0570 e. The van der Waals surface area contributed by atoms with Gasteiger partial charge in [-0.1, -0.05) is 12.1 Å². The molecule has 102 valence electrons. The van der Waals surface area contributed by atoms with Gasteiger partial charge in [0.1, 0.15) is 0 Å². The van der Waals surface area contributed by atoms with Gasteiger partial charge in [-0.15, -0.1) is 22.7 Å². The molecule has 1 N–H and O–H groups in total. The van der Waals surface area contributed by atoms with Crippen LogP contribution in [0.25, 0.3) is 10.4 Å². The van der Waals surface area contributed by atoms with Crippen LogP contribution in [-0.2, 0) is 6.54 Å². The van der Waals surface area contributed by atoms with Crippen LogP contribution in [0.5, 0.6) is 0 Å². The van der Waals surface area contributed by atoms with Gasteiger partial charge in [-0.25, -0.2) is 0 Å². The first-order valence-electron chi connectivity index (χ1n) is 6.58. The van der Waals surface area contributed by atoms with Crippen LogP contribution in [0.1, 0.15) is 23.5 Å². The summed E-state index contributed by atoms with van der Waals surface area (Å²) in [6, 6.07) is 12.8. The van der Waals surface area contributed by atoms with Gasteiger partial charge in [0, 0.05) is 34.1 Å². The lowest BCUT2D eigenvalue weighted by Crippen LogP contribution is -2.18. The summed E-state index contributed by atoms with van der Waals surface area (Å²) in [6.07, 6.45) is 1.84. The van der Waals surface area contributed by atoms with E-state index in [0.717, 1.165) is 12.2 Å². The predicted octanol–water partition coefficient (Wildman–Crippen LogP) is 4.72. The minimum absolute atomic E-state index is 0.267. The smallest absolute Gasteiger partial charge is 0.0570 e. The van der Waals surface area contributed by atoms with E-state index in [-0.39, 0.29) is 6.04 Å². The second-order valence-corrected chi connectivity index (χ2v) is 6.58. The van der Waals surface area contributed by atoms with Gasteiger partial charge >= 0.3 is 0 Å². The molecule has 3 heterocycles. The highest BCUT2D eigenvalue weighted by atomic mass is 32.1. The quantitative estimate of drug-likeness (QED) is 0.737. The summed E-state index contributed by atoms with van der Waals surface area (Å²) >= 11 is 3.60. The molecule has 20 heavy (non-hydrogen) atoms. The van der Waals surface area contributed by atoms with Gasteiger partial charge in [-0.2, -0.15) is 0 Å². The van der Waals surface area contributed by atoms with Crippen LogP contribution in [0.3, 0.4) is 0 Å². The number of rotatable bonds is 5. The summed E-state index contributed by atoms with van der Waals surface area (Å²) in [5, 5.41) is 7.87. The second kappa shape index (κ2) is 6.31. The zero-order chi connectivity index (χ0) is 13.8. The summed E-state index contributed by atoms with van der Waals surface area (Å²) in [5.74, 6) is 0. The molecule has 0 aromatic carbocycles. The molecule has 0 saturated heterocycles. The second-order valence-electron chi connectivity index (χ2n) is 4.64. The minimum atomic E-state index is 0.267. The van der Waals surface area contributed by atoms with E-state index in [9.17, 15) is 0 Å². The monoisotopic (exact) mass is 300 g/mol. The van der Waals surface area contributed by atoms with E-state index in [4.69, 9.17) is 0 Å². The molecule has 2 nitrogen and oxygen atoms in total. The Morgan fingerprint density at radius 3 is 2.90 bits per heavy atom. The summed E-state index contributed by atoms with van der Waals surface area (Å²) in [7, 11) is 0. The normalized spacial score (nSPS) is 12.4. The highest BCUT2D eigenvalue weighted by Crippen LogP contribution is 2.29. The van der Waals surface area contributed by atoms with E-state index >= 15 is 0 Å². The van der Waals surface area contributed by atoms with Crippen molar-refractivity contribution in [1.29, 1.82) is 0 Å². The summed E-state index contributed by atoms with van der Waals surface area (Å²) < 4.78 is 0. The van der Waals surface area contributed by atoms with Crippen molar-refractivity contribution in [3.05, 3.63) is 63.9 Å². The Balaban J connectivity index is 1.62. The third-order valence-corrected chi connectivity index (χ3v) is 5.03. The van der Waals surface area contributed by atoms with Crippen LogP contribution >= 0.6 is 22.7 Å². The fourth-order valence-corrected chi connectivity index (χ4v) is 3.66. The van der Waals surface area contributed by atoms with Crippen LogP contribution in [0.4, 0.5) is 0 Å². The maximum atomic E-state index is 4.38. The van der Waals surface area contributed by atoms with Gasteiger partial charge in [-0.05, 0) is 41.9 Å². The molecule has 0 radical (unpaired) electrons. The van der Waals surface area contributed by atoms with E-state index in [1.807, 2.05) is 29.7 Å². The zero-order valence-corrected chi connectivity index (χ0v) is 12.9. The van der Waals surface area contributed by atoms with Gasteiger partial charge in [0.25, 0.3) is 0 Å². The Morgan fingerprint density at radius 1 is 1.20 bits per heavy atom. The van der Waals surface area contributed by atoms with Crippen LogP contribution in [0, 0.1) is 0 Å². The summed E-state index contributed by atoms with van der Waals surface area (Å²) in [5.41, 5.74) is 2.41. The first-order chi connectivity index (χ1) is 9.83. The SMILES string of the molecule is CC(NCc1cc(-c2cccs2)cs1)c1ccccn1. The molecular weight excluding hydrogens is 284 g/mol. The molecule has 0 aliphatic rings. The molecule has 0 amide bonds. The molecule has 1 unspecified atom stereocenters. The Morgan fingerprint density at radius 2 is 2.15 bits per heavy atom. The lowest BCUT2D eigenvalue weighted by atomic mass is 10.2. The van der Waals surface area contributed by atoms with Gasteiger partial charge in [0.05, 0.1) is 5.69 Å². The van der Waals surface area contributed by atoms with Crippen molar-refractivity contribution in [3.8, 4) is 10.4 Å². The van der Waals surface area contributed by atoms with E-state index in [1.165, 1.54) is 15.3 Å². The number of nitrogens with zero attached hydrogens (tertiary/aromatic N) is 1. The molecule has 3 aromatic heterocycles. The number of aromatic nitrogens is 1. The zero-order valence-electron chi connectivity index (χ0n) is 11.2. The van der Waals surface area contributed by atoms with Crippen LogP contribution < -0.4 is 5.32 Å². The lowest BCUT2D eigenvalue weighted by molar-refractivity contribution is 0.565. The molecule has 3 aromatic rings. The number of hydrogen-bond donors (Lipinski definition) is 1. The molecule has 4 heteroatoms. The van der Waals surface area contributed by atoms with Crippen molar-refractivity contribution < 1.29 is 0 Å². The number of thiophene rings is 2. The van der Waals surface area contributed by atoms with E-state index in [2.05, 4.69) is 52.3 Å². The molecule has 0 bridgehead atoms. The highest BCUT2D eigenvalue weighted by molar-refractivity contribution is 7.14. The summed E-state index contributed by atoms with van der Waals surface area (Å²) in [6.45, 7) is 3.03. The molecule has 0 saturated carbocycles. The largest absolute Gasteiger partial charge is 0.304 e. The van der Waals surface area contributed by atoms with E-state index in [1.54, 1.807) is 11.3 Å². The Hall–Kier alpha value is -1.49. The fraction of sp³-hybridized carbons (Fsp3) is 0.188. The van der Waals surface area contributed by atoms with Crippen molar-refractivity contribution >= 4 is 22.7 Å². The van der Waals surface area contributed by atoms with E-state index in [0.29, 0.717) is 0 Å². The average molecular weight is 300 g/mol. The van der Waals surface area contributed by atoms with Crippen molar-refractivity contribution in [1.82, 2.24) is 10.3 Å². The fourth-order valence-electron chi connectivity index (χ4n) is 2.04. The minimum Gasteiger partial charge on any atom is -0.304 e. The Kier molecular flexibility index (Phi) is 4.25. The topological polar surface area (TPSA) is 24.9 Å². The maximum absolute atomic E-state index is 4.38. The van der Waals surface area contributed by atoms with E-state index < -0.39 is 0 Å². The lowest BCUT2D eigenvalue weighted by Gasteiger charge is -2.12. The number of pyridine rings is 1. The molecule has 3 rings (SSSR count). The van der Waals surface area contributed by atoms with Crippen molar-refractivity contribution in [2.45, 2.75) is 19.5 Å². The van der Waals surface area contributed by atoms with Gasteiger partial charge in [0.15, 0.2) is 0 Å².